The second kappa shape index (κ2) is 6.02. The van der Waals surface area contributed by atoms with Crippen molar-refractivity contribution in [2.45, 2.75) is 26.4 Å². The summed E-state index contributed by atoms with van der Waals surface area (Å²) < 4.78 is 28.8. The van der Waals surface area contributed by atoms with E-state index in [0.717, 1.165) is 17.8 Å². The van der Waals surface area contributed by atoms with Gasteiger partial charge in [-0.15, -0.1) is 0 Å². The maximum absolute atomic E-state index is 13.7. The minimum Gasteiger partial charge on any atom is -0.348 e. The first-order chi connectivity index (χ1) is 11.0. The molecule has 0 saturated heterocycles. The van der Waals surface area contributed by atoms with Crippen LogP contribution in [0.15, 0.2) is 36.5 Å². The van der Waals surface area contributed by atoms with Crippen LogP contribution in [0.4, 0.5) is 19.3 Å². The van der Waals surface area contributed by atoms with E-state index in [2.05, 4.69) is 9.88 Å². The Hall–Kier alpha value is -2.37. The number of aromatic nitrogens is 1. The lowest BCUT2D eigenvalue weighted by molar-refractivity contribution is 0.143. The van der Waals surface area contributed by atoms with Crippen LogP contribution in [0, 0.1) is 17.6 Å². The van der Waals surface area contributed by atoms with Gasteiger partial charge in [-0.25, -0.2) is 13.6 Å². The first kappa shape index (κ1) is 15.5. The second-order valence-corrected chi connectivity index (χ2v) is 6.06. The Morgan fingerprint density at radius 1 is 1.26 bits per heavy atom. The second-order valence-electron chi connectivity index (χ2n) is 6.06. The van der Waals surface area contributed by atoms with Crippen LogP contribution in [-0.4, -0.2) is 22.0 Å². The molecule has 1 aliphatic heterocycles. The number of nitrogens with one attached hydrogen (secondary N) is 1. The van der Waals surface area contributed by atoms with Gasteiger partial charge in [0, 0.05) is 31.0 Å². The van der Waals surface area contributed by atoms with Gasteiger partial charge in [-0.3, -0.25) is 0 Å². The number of hydrogen-bond acceptors (Lipinski definition) is 1. The van der Waals surface area contributed by atoms with Crippen LogP contribution in [0.5, 0.6) is 0 Å². The molecule has 1 atom stereocenters. The first-order valence-corrected chi connectivity index (χ1v) is 7.65. The number of rotatable bonds is 2. The minimum atomic E-state index is -0.778. The Kier molecular flexibility index (Phi) is 4.07. The number of urea groups is 1. The fourth-order valence-electron chi connectivity index (χ4n) is 3.12. The van der Waals surface area contributed by atoms with Crippen LogP contribution < -0.4 is 5.32 Å². The van der Waals surface area contributed by atoms with Crippen molar-refractivity contribution in [1.82, 2.24) is 9.47 Å². The quantitative estimate of drug-likeness (QED) is 0.892. The molecule has 0 saturated carbocycles. The lowest BCUT2D eigenvalue weighted by Gasteiger charge is -2.39. The van der Waals surface area contributed by atoms with Crippen molar-refractivity contribution >= 4 is 11.7 Å². The van der Waals surface area contributed by atoms with Gasteiger partial charge in [0.1, 0.15) is 11.6 Å². The molecule has 0 radical (unpaired) electrons. The number of nitrogens with zero attached hydrogens (tertiary/aromatic N) is 2. The van der Waals surface area contributed by atoms with Gasteiger partial charge in [-0.2, -0.15) is 0 Å². The zero-order chi connectivity index (χ0) is 16.6. The van der Waals surface area contributed by atoms with Gasteiger partial charge in [-0.1, -0.05) is 13.8 Å². The summed E-state index contributed by atoms with van der Waals surface area (Å²) in [4.78, 5) is 14.3. The van der Waals surface area contributed by atoms with Gasteiger partial charge >= 0.3 is 6.03 Å². The Morgan fingerprint density at radius 3 is 2.74 bits per heavy atom. The molecule has 0 bridgehead atoms. The third-order valence-electron chi connectivity index (χ3n) is 4.15. The summed E-state index contributed by atoms with van der Waals surface area (Å²) in [5.74, 6) is -1.23. The Bertz CT molecular complexity index is 726. The van der Waals surface area contributed by atoms with E-state index in [1.807, 2.05) is 32.2 Å². The van der Waals surface area contributed by atoms with Crippen molar-refractivity contribution in [3.05, 3.63) is 53.9 Å². The number of benzene rings is 1. The van der Waals surface area contributed by atoms with Crippen molar-refractivity contribution in [1.29, 1.82) is 0 Å². The molecule has 0 aliphatic carbocycles. The van der Waals surface area contributed by atoms with Gasteiger partial charge in [0.05, 0.1) is 11.7 Å². The standard InChI is InChI=1S/C17H19F2N3O/c1-11(2)16-15-4-3-7-21(15)8-9-22(16)17(23)20-14-6-5-12(18)10-13(14)19/h3-7,10-11,16H,8-9H2,1-2H3,(H,20,23)/t16-/m1/s1. The predicted molar refractivity (Wildman–Crippen MR) is 84.1 cm³/mol. The summed E-state index contributed by atoms with van der Waals surface area (Å²) >= 11 is 0. The smallest absolute Gasteiger partial charge is 0.322 e. The largest absolute Gasteiger partial charge is 0.348 e. The molecule has 2 aromatic rings. The molecular weight excluding hydrogens is 300 g/mol. The predicted octanol–water partition coefficient (Wildman–Crippen LogP) is 4.01. The van der Waals surface area contributed by atoms with Crippen molar-refractivity contribution in [3.63, 3.8) is 0 Å². The molecule has 0 spiro atoms. The maximum atomic E-state index is 13.7. The fourth-order valence-corrected chi connectivity index (χ4v) is 3.12. The van der Waals surface area contributed by atoms with Gasteiger partial charge in [0.15, 0.2) is 0 Å². The van der Waals surface area contributed by atoms with Gasteiger partial charge in [0.2, 0.25) is 0 Å². The summed E-state index contributed by atoms with van der Waals surface area (Å²) in [7, 11) is 0. The molecule has 1 N–H and O–H groups in total. The SMILES string of the molecule is CC(C)[C@@H]1c2cccn2CCN1C(=O)Nc1ccc(F)cc1F. The molecule has 6 heteroatoms. The van der Waals surface area contributed by atoms with E-state index in [9.17, 15) is 13.6 Å². The zero-order valence-electron chi connectivity index (χ0n) is 13.1. The third-order valence-corrected chi connectivity index (χ3v) is 4.15. The molecule has 1 aromatic carbocycles. The number of hydrogen-bond donors (Lipinski definition) is 1. The molecule has 1 aromatic heterocycles. The monoisotopic (exact) mass is 319 g/mol. The summed E-state index contributed by atoms with van der Waals surface area (Å²) in [6, 6.07) is 6.63. The van der Waals surface area contributed by atoms with E-state index in [4.69, 9.17) is 0 Å². The lowest BCUT2D eigenvalue weighted by atomic mass is 9.97. The molecule has 0 fully saturated rings. The highest BCUT2D eigenvalue weighted by molar-refractivity contribution is 5.89. The average Bonchev–Trinajstić information content (AvgIpc) is 2.97. The Morgan fingerprint density at radius 2 is 2.04 bits per heavy atom. The topological polar surface area (TPSA) is 37.3 Å². The first-order valence-electron chi connectivity index (χ1n) is 7.65. The summed E-state index contributed by atoms with van der Waals surface area (Å²) in [5.41, 5.74) is 1.06. The Labute approximate surface area is 133 Å². The van der Waals surface area contributed by atoms with Crippen LogP contribution in [0.3, 0.4) is 0 Å². The highest BCUT2D eigenvalue weighted by atomic mass is 19.1. The van der Waals surface area contributed by atoms with Crippen molar-refractivity contribution in [3.8, 4) is 0 Å². The summed E-state index contributed by atoms with van der Waals surface area (Å²) in [5, 5.41) is 2.55. The van der Waals surface area contributed by atoms with Gasteiger partial charge in [-0.05, 0) is 30.2 Å². The average molecular weight is 319 g/mol. The molecule has 1 aliphatic rings. The number of carbonyl (C=O) groups excluding carboxylic acids is 1. The molecule has 3 rings (SSSR count). The van der Waals surface area contributed by atoms with Crippen LogP contribution in [-0.2, 0) is 6.54 Å². The molecule has 0 unspecified atom stereocenters. The molecule has 122 valence electrons. The van der Waals surface area contributed by atoms with E-state index in [1.165, 1.54) is 6.07 Å². The van der Waals surface area contributed by atoms with E-state index < -0.39 is 11.6 Å². The van der Waals surface area contributed by atoms with Crippen molar-refractivity contribution in [2.75, 3.05) is 11.9 Å². The Balaban J connectivity index is 1.84. The number of halogens is 2. The molecule has 2 heterocycles. The number of amides is 2. The molecule has 4 nitrogen and oxygen atoms in total. The fraction of sp³-hybridized carbons (Fsp3) is 0.353. The third kappa shape index (κ3) is 2.93. The summed E-state index contributed by atoms with van der Waals surface area (Å²) in [6.45, 7) is 5.34. The number of carbonyl (C=O) groups is 1. The molecular formula is C17H19F2N3O. The summed E-state index contributed by atoms with van der Waals surface area (Å²) in [6.07, 6.45) is 2.00. The molecule has 23 heavy (non-hydrogen) atoms. The van der Waals surface area contributed by atoms with Crippen LogP contribution >= 0.6 is 0 Å². The maximum Gasteiger partial charge on any atom is 0.322 e. The van der Waals surface area contributed by atoms with E-state index in [-0.39, 0.29) is 23.7 Å². The highest BCUT2D eigenvalue weighted by Crippen LogP contribution is 2.32. The lowest BCUT2D eigenvalue weighted by Crippen LogP contribution is -2.45. The highest BCUT2D eigenvalue weighted by Gasteiger charge is 2.33. The van der Waals surface area contributed by atoms with E-state index in [0.29, 0.717) is 13.1 Å². The molecule has 2 amide bonds. The van der Waals surface area contributed by atoms with Gasteiger partial charge < -0.3 is 14.8 Å². The van der Waals surface area contributed by atoms with E-state index in [1.54, 1.807) is 4.90 Å². The van der Waals surface area contributed by atoms with Gasteiger partial charge in [0.25, 0.3) is 0 Å². The number of fused-ring (bicyclic) bond motifs is 1. The minimum absolute atomic E-state index is 0.0140. The number of anilines is 1. The van der Waals surface area contributed by atoms with Crippen LogP contribution in [0.25, 0.3) is 0 Å². The van der Waals surface area contributed by atoms with E-state index >= 15 is 0 Å². The van der Waals surface area contributed by atoms with Crippen molar-refractivity contribution < 1.29 is 13.6 Å². The zero-order valence-corrected chi connectivity index (χ0v) is 13.1. The van der Waals surface area contributed by atoms with Crippen LogP contribution in [0.2, 0.25) is 0 Å². The normalized spacial score (nSPS) is 17.3. The van der Waals surface area contributed by atoms with Crippen molar-refractivity contribution in [2.24, 2.45) is 5.92 Å². The van der Waals surface area contributed by atoms with Crippen LogP contribution in [0.1, 0.15) is 25.6 Å².